The Kier molecular flexibility index (Phi) is 3.35. The lowest BCUT2D eigenvalue weighted by atomic mass is 9.79. The molecule has 1 amide bonds. The molecule has 3 aliphatic rings. The van der Waals surface area contributed by atoms with Crippen molar-refractivity contribution < 1.29 is 9.53 Å². The maximum absolute atomic E-state index is 12.4. The van der Waals surface area contributed by atoms with Crippen molar-refractivity contribution in [2.24, 2.45) is 17.3 Å². The average molecular weight is 251 g/mol. The first-order valence-corrected chi connectivity index (χ1v) is 7.56. The summed E-state index contributed by atoms with van der Waals surface area (Å²) in [6, 6.07) is 0. The minimum atomic E-state index is -0.207. The number of ether oxygens (including phenoxy) is 1. The molecular weight excluding hydrogens is 226 g/mol. The van der Waals surface area contributed by atoms with E-state index in [1.54, 1.807) is 0 Å². The van der Waals surface area contributed by atoms with Gasteiger partial charge in [0.15, 0.2) is 0 Å². The van der Waals surface area contributed by atoms with Crippen molar-refractivity contribution in [2.45, 2.75) is 45.4 Å². The van der Waals surface area contributed by atoms with E-state index < -0.39 is 0 Å². The Morgan fingerprint density at radius 1 is 1.11 bits per heavy atom. The van der Waals surface area contributed by atoms with E-state index in [-0.39, 0.29) is 5.41 Å². The van der Waals surface area contributed by atoms with Crippen molar-refractivity contribution in [2.75, 3.05) is 26.3 Å². The number of carbonyl (C=O) groups is 1. The van der Waals surface area contributed by atoms with Crippen molar-refractivity contribution in [3.8, 4) is 0 Å². The maximum Gasteiger partial charge on any atom is 0.233 e. The van der Waals surface area contributed by atoms with E-state index in [4.69, 9.17) is 4.74 Å². The monoisotopic (exact) mass is 251 g/mol. The quantitative estimate of drug-likeness (QED) is 0.754. The minimum Gasteiger partial charge on any atom is -0.379 e. The van der Waals surface area contributed by atoms with Crippen molar-refractivity contribution >= 4 is 5.91 Å². The molecule has 0 aromatic rings. The zero-order valence-electron chi connectivity index (χ0n) is 11.5. The number of nitrogens with zero attached hydrogens (tertiary/aromatic N) is 1. The van der Waals surface area contributed by atoms with Crippen LogP contribution in [-0.2, 0) is 9.53 Å². The third kappa shape index (κ3) is 2.18. The zero-order chi connectivity index (χ0) is 12.6. The number of likely N-dealkylation sites (tertiary alicyclic amines) is 1. The fraction of sp³-hybridized carbons (Fsp3) is 0.933. The Hall–Kier alpha value is -0.570. The van der Waals surface area contributed by atoms with E-state index in [9.17, 15) is 4.79 Å². The van der Waals surface area contributed by atoms with Gasteiger partial charge in [0.2, 0.25) is 5.91 Å². The third-order valence-electron chi connectivity index (χ3n) is 5.19. The molecule has 1 unspecified atom stereocenters. The first-order valence-electron chi connectivity index (χ1n) is 7.56. The van der Waals surface area contributed by atoms with Gasteiger partial charge in [-0.1, -0.05) is 32.1 Å². The molecule has 3 heteroatoms. The highest BCUT2D eigenvalue weighted by Gasteiger charge is 2.45. The Labute approximate surface area is 110 Å². The number of carbonyl (C=O) groups excluding carboxylic acids is 1. The molecule has 18 heavy (non-hydrogen) atoms. The smallest absolute Gasteiger partial charge is 0.233 e. The number of amides is 1. The summed E-state index contributed by atoms with van der Waals surface area (Å²) in [7, 11) is 0. The van der Waals surface area contributed by atoms with E-state index in [1.807, 2.05) is 6.92 Å². The van der Waals surface area contributed by atoms with Gasteiger partial charge >= 0.3 is 0 Å². The molecule has 1 aliphatic carbocycles. The first-order chi connectivity index (χ1) is 8.69. The van der Waals surface area contributed by atoms with Crippen molar-refractivity contribution in [1.29, 1.82) is 0 Å². The lowest BCUT2D eigenvalue weighted by Gasteiger charge is -2.39. The molecule has 0 spiro atoms. The van der Waals surface area contributed by atoms with Crippen LogP contribution in [0.4, 0.5) is 0 Å². The van der Waals surface area contributed by atoms with Crippen LogP contribution in [0.5, 0.6) is 0 Å². The normalized spacial score (nSPS) is 32.3. The van der Waals surface area contributed by atoms with Gasteiger partial charge in [-0.05, 0) is 25.2 Å². The summed E-state index contributed by atoms with van der Waals surface area (Å²) in [5.74, 6) is 2.01. The zero-order valence-corrected chi connectivity index (χ0v) is 11.5. The molecule has 3 fully saturated rings. The predicted octanol–water partition coefficient (Wildman–Crippen LogP) is 2.45. The summed E-state index contributed by atoms with van der Waals surface area (Å²) < 4.78 is 5.21. The molecule has 1 saturated carbocycles. The van der Waals surface area contributed by atoms with Gasteiger partial charge in [-0.15, -0.1) is 0 Å². The molecule has 2 heterocycles. The Morgan fingerprint density at radius 3 is 2.44 bits per heavy atom. The van der Waals surface area contributed by atoms with Crippen molar-refractivity contribution in [3.63, 3.8) is 0 Å². The van der Waals surface area contributed by atoms with Gasteiger partial charge in [-0.25, -0.2) is 0 Å². The SMILES string of the molecule is CC1(C(=O)N2CCC(C3CCCCC3)C2)COC1. The van der Waals surface area contributed by atoms with Gasteiger partial charge < -0.3 is 9.64 Å². The maximum atomic E-state index is 12.4. The predicted molar refractivity (Wildman–Crippen MR) is 70.2 cm³/mol. The van der Waals surface area contributed by atoms with Gasteiger partial charge in [-0.3, -0.25) is 4.79 Å². The summed E-state index contributed by atoms with van der Waals surface area (Å²) >= 11 is 0. The molecule has 0 aromatic carbocycles. The van der Waals surface area contributed by atoms with Crippen molar-refractivity contribution in [1.82, 2.24) is 4.90 Å². The molecule has 2 aliphatic heterocycles. The van der Waals surface area contributed by atoms with Crippen molar-refractivity contribution in [3.05, 3.63) is 0 Å². The Morgan fingerprint density at radius 2 is 1.83 bits per heavy atom. The molecule has 3 nitrogen and oxygen atoms in total. The van der Waals surface area contributed by atoms with Crippen LogP contribution in [0.1, 0.15) is 45.4 Å². The van der Waals surface area contributed by atoms with E-state index in [2.05, 4.69) is 4.90 Å². The molecular formula is C15H25NO2. The Balaban J connectivity index is 1.56. The Bertz CT molecular complexity index is 318. The van der Waals surface area contributed by atoms with Crippen LogP contribution in [0, 0.1) is 17.3 Å². The summed E-state index contributed by atoms with van der Waals surface area (Å²) in [4.78, 5) is 14.5. The van der Waals surface area contributed by atoms with Crippen LogP contribution in [0.15, 0.2) is 0 Å². The fourth-order valence-corrected chi connectivity index (χ4v) is 3.88. The topological polar surface area (TPSA) is 29.5 Å². The summed E-state index contributed by atoms with van der Waals surface area (Å²) in [6.07, 6.45) is 8.25. The molecule has 1 atom stereocenters. The van der Waals surface area contributed by atoms with E-state index >= 15 is 0 Å². The van der Waals surface area contributed by atoms with Crippen LogP contribution in [0.3, 0.4) is 0 Å². The van der Waals surface area contributed by atoms with Crippen LogP contribution < -0.4 is 0 Å². The van der Waals surface area contributed by atoms with E-state index in [1.165, 1.54) is 38.5 Å². The second-order valence-electron chi connectivity index (χ2n) is 6.75. The molecule has 0 bridgehead atoms. The fourth-order valence-electron chi connectivity index (χ4n) is 3.88. The molecule has 102 valence electrons. The highest BCUT2D eigenvalue weighted by molar-refractivity contribution is 5.83. The molecule has 0 radical (unpaired) electrons. The van der Waals surface area contributed by atoms with Crippen LogP contribution >= 0.6 is 0 Å². The van der Waals surface area contributed by atoms with Crippen LogP contribution in [-0.4, -0.2) is 37.1 Å². The number of hydrogen-bond acceptors (Lipinski definition) is 2. The number of hydrogen-bond donors (Lipinski definition) is 0. The van der Waals surface area contributed by atoms with E-state index in [0.717, 1.165) is 24.9 Å². The summed E-state index contributed by atoms with van der Waals surface area (Å²) in [5, 5.41) is 0. The van der Waals surface area contributed by atoms with Gasteiger partial charge in [-0.2, -0.15) is 0 Å². The van der Waals surface area contributed by atoms with Gasteiger partial charge in [0.25, 0.3) is 0 Å². The highest BCUT2D eigenvalue weighted by atomic mass is 16.5. The standard InChI is InChI=1S/C15H25NO2/c1-15(10-18-11-15)14(17)16-8-7-13(9-16)12-5-3-2-4-6-12/h12-13H,2-11H2,1H3. The van der Waals surface area contributed by atoms with Gasteiger partial charge in [0.05, 0.1) is 18.6 Å². The lowest BCUT2D eigenvalue weighted by molar-refractivity contribution is -0.167. The van der Waals surface area contributed by atoms with Crippen LogP contribution in [0.2, 0.25) is 0 Å². The third-order valence-corrected chi connectivity index (χ3v) is 5.19. The summed E-state index contributed by atoms with van der Waals surface area (Å²) in [6.45, 7) is 5.29. The lowest BCUT2D eigenvalue weighted by Crippen LogP contribution is -2.52. The molecule has 0 N–H and O–H groups in total. The average Bonchev–Trinajstić information content (AvgIpc) is 2.85. The molecule has 3 rings (SSSR count). The van der Waals surface area contributed by atoms with Crippen LogP contribution in [0.25, 0.3) is 0 Å². The number of rotatable bonds is 2. The van der Waals surface area contributed by atoms with Gasteiger partial charge in [0.1, 0.15) is 0 Å². The van der Waals surface area contributed by atoms with Gasteiger partial charge in [0, 0.05) is 13.1 Å². The van der Waals surface area contributed by atoms with E-state index in [0.29, 0.717) is 19.1 Å². The second kappa shape index (κ2) is 4.84. The largest absolute Gasteiger partial charge is 0.379 e. The minimum absolute atomic E-state index is 0.207. The molecule has 0 aromatic heterocycles. The first kappa shape index (κ1) is 12.5. The highest BCUT2D eigenvalue weighted by Crippen LogP contribution is 2.37. The summed E-state index contributed by atoms with van der Waals surface area (Å²) in [5.41, 5.74) is -0.207. The second-order valence-corrected chi connectivity index (χ2v) is 6.75. The molecule has 2 saturated heterocycles.